The Bertz CT molecular complexity index is 1510. The Kier molecular flexibility index (Phi) is 10.7. The second-order valence-electron chi connectivity index (χ2n) is 9.98. The van der Waals surface area contributed by atoms with Crippen molar-refractivity contribution in [2.75, 3.05) is 34.9 Å². The van der Waals surface area contributed by atoms with Gasteiger partial charge in [-0.25, -0.2) is 4.98 Å². The number of rotatable bonds is 13. The molecule has 4 aromatic rings. The van der Waals surface area contributed by atoms with Crippen LogP contribution in [0.2, 0.25) is 0 Å². The minimum atomic E-state index is -4.42. The third kappa shape index (κ3) is 8.71. The molecular formula is C32H34F3N3O4S. The minimum Gasteiger partial charge on any atom is -0.497 e. The van der Waals surface area contributed by atoms with Gasteiger partial charge in [0.15, 0.2) is 11.5 Å². The number of methoxy groups -OCH3 is 3. The summed E-state index contributed by atoms with van der Waals surface area (Å²) in [6.07, 6.45) is -3.81. The lowest BCUT2D eigenvalue weighted by molar-refractivity contribution is -0.137. The maximum atomic E-state index is 13.3. The van der Waals surface area contributed by atoms with Crippen LogP contribution >= 0.6 is 11.3 Å². The highest BCUT2D eigenvalue weighted by Crippen LogP contribution is 2.30. The number of carbonyl (C=O) groups excluding carboxylic acids is 1. The van der Waals surface area contributed by atoms with Gasteiger partial charge in [-0.05, 0) is 53.4 Å². The number of likely N-dealkylation sites (N-methyl/N-ethyl adjacent to an activating group) is 1. The first-order valence-corrected chi connectivity index (χ1v) is 14.4. The average Bonchev–Trinajstić information content (AvgIpc) is 3.47. The highest BCUT2D eigenvalue weighted by molar-refractivity contribution is 7.09. The summed E-state index contributed by atoms with van der Waals surface area (Å²) in [5.74, 6) is 1.77. The van der Waals surface area contributed by atoms with Gasteiger partial charge in [-0.3, -0.25) is 9.69 Å². The fourth-order valence-electron chi connectivity index (χ4n) is 4.56. The van der Waals surface area contributed by atoms with Crippen LogP contribution in [-0.4, -0.2) is 55.6 Å². The molecule has 3 aromatic carbocycles. The molecule has 0 unspecified atom stereocenters. The first-order chi connectivity index (χ1) is 20.6. The van der Waals surface area contributed by atoms with Crippen molar-refractivity contribution >= 4 is 17.2 Å². The van der Waals surface area contributed by atoms with Crippen LogP contribution in [0.1, 0.15) is 37.7 Å². The number of amides is 1. The van der Waals surface area contributed by atoms with E-state index in [0.29, 0.717) is 59.6 Å². The maximum absolute atomic E-state index is 13.3. The first-order valence-electron chi connectivity index (χ1n) is 13.5. The van der Waals surface area contributed by atoms with E-state index in [0.717, 1.165) is 17.2 Å². The van der Waals surface area contributed by atoms with Gasteiger partial charge in [0.05, 0.1) is 33.4 Å². The monoisotopic (exact) mass is 613 g/mol. The van der Waals surface area contributed by atoms with Crippen molar-refractivity contribution in [3.05, 3.63) is 105 Å². The Morgan fingerprint density at radius 3 is 2.21 bits per heavy atom. The second kappa shape index (κ2) is 14.4. The van der Waals surface area contributed by atoms with Crippen LogP contribution in [0.5, 0.6) is 17.2 Å². The molecule has 1 amide bonds. The lowest BCUT2D eigenvalue weighted by Crippen LogP contribution is -2.29. The van der Waals surface area contributed by atoms with Crippen LogP contribution in [0.25, 0.3) is 0 Å². The molecule has 0 radical (unpaired) electrons. The van der Waals surface area contributed by atoms with Gasteiger partial charge in [-0.1, -0.05) is 36.4 Å². The number of alkyl halides is 3. The molecule has 11 heteroatoms. The third-order valence-corrected chi connectivity index (χ3v) is 7.72. The zero-order chi connectivity index (χ0) is 31.0. The van der Waals surface area contributed by atoms with Crippen molar-refractivity contribution in [2.45, 2.75) is 32.2 Å². The van der Waals surface area contributed by atoms with Gasteiger partial charge in [0, 0.05) is 32.1 Å². The van der Waals surface area contributed by atoms with Crippen LogP contribution in [0.4, 0.5) is 13.2 Å². The van der Waals surface area contributed by atoms with E-state index >= 15 is 0 Å². The van der Waals surface area contributed by atoms with Crippen LogP contribution in [-0.2, 0) is 32.2 Å². The predicted molar refractivity (Wildman–Crippen MR) is 160 cm³/mol. The van der Waals surface area contributed by atoms with Crippen molar-refractivity contribution in [2.24, 2.45) is 0 Å². The first kappa shape index (κ1) is 31.8. The van der Waals surface area contributed by atoms with Crippen LogP contribution in [0, 0.1) is 0 Å². The van der Waals surface area contributed by atoms with E-state index in [1.807, 2.05) is 47.4 Å². The lowest BCUT2D eigenvalue weighted by atomic mass is 10.1. The number of halogens is 3. The number of aromatic nitrogens is 1. The van der Waals surface area contributed by atoms with Gasteiger partial charge in [0.2, 0.25) is 0 Å². The maximum Gasteiger partial charge on any atom is 0.416 e. The van der Waals surface area contributed by atoms with E-state index < -0.39 is 11.7 Å². The largest absolute Gasteiger partial charge is 0.497 e. The summed E-state index contributed by atoms with van der Waals surface area (Å²) >= 11 is 1.35. The fourth-order valence-corrected chi connectivity index (χ4v) is 5.37. The number of hydrogen-bond acceptors (Lipinski definition) is 7. The molecule has 0 spiro atoms. The average molecular weight is 614 g/mol. The van der Waals surface area contributed by atoms with Gasteiger partial charge in [0.1, 0.15) is 16.5 Å². The molecule has 4 rings (SSSR count). The zero-order valence-electron chi connectivity index (χ0n) is 24.5. The number of thiazole rings is 1. The van der Waals surface area contributed by atoms with Gasteiger partial charge < -0.3 is 19.1 Å². The SMILES string of the molecule is COc1ccc(CN(Cc2cccc(C(F)(F)F)c2)Cc2nc(C(=O)N(C)CCc3ccc(OC)c(OC)c3)cs2)cc1. The summed E-state index contributed by atoms with van der Waals surface area (Å²) in [7, 11) is 6.47. The number of nitrogens with zero attached hydrogens (tertiary/aromatic N) is 3. The van der Waals surface area contributed by atoms with E-state index in [2.05, 4.69) is 4.98 Å². The van der Waals surface area contributed by atoms with Crippen LogP contribution in [0.15, 0.2) is 72.1 Å². The Hall–Kier alpha value is -4.09. The van der Waals surface area contributed by atoms with Gasteiger partial charge in [-0.2, -0.15) is 13.2 Å². The Morgan fingerprint density at radius 2 is 1.53 bits per heavy atom. The van der Waals surface area contributed by atoms with Crippen LogP contribution < -0.4 is 14.2 Å². The molecule has 0 fully saturated rings. The molecular weight excluding hydrogens is 579 g/mol. The van der Waals surface area contributed by atoms with Gasteiger partial charge >= 0.3 is 6.18 Å². The molecule has 0 aliphatic heterocycles. The zero-order valence-corrected chi connectivity index (χ0v) is 25.3. The Labute approximate surface area is 253 Å². The molecule has 1 aromatic heterocycles. The molecule has 0 saturated carbocycles. The summed E-state index contributed by atoms with van der Waals surface area (Å²) in [5.41, 5.74) is 2.15. The second-order valence-corrected chi connectivity index (χ2v) is 10.9. The molecule has 0 bridgehead atoms. The summed E-state index contributed by atoms with van der Waals surface area (Å²) in [6.45, 7) is 1.56. The van der Waals surface area contributed by atoms with Crippen molar-refractivity contribution in [1.29, 1.82) is 0 Å². The van der Waals surface area contributed by atoms with Crippen molar-refractivity contribution in [3.8, 4) is 17.2 Å². The number of ether oxygens (including phenoxy) is 3. The molecule has 0 saturated heterocycles. The quantitative estimate of drug-likeness (QED) is 0.167. The number of benzene rings is 3. The topological polar surface area (TPSA) is 64.1 Å². The normalized spacial score (nSPS) is 11.4. The van der Waals surface area contributed by atoms with Crippen molar-refractivity contribution in [1.82, 2.24) is 14.8 Å². The van der Waals surface area contributed by atoms with E-state index in [1.54, 1.807) is 44.7 Å². The summed E-state index contributed by atoms with van der Waals surface area (Å²) in [4.78, 5) is 21.4. The molecule has 43 heavy (non-hydrogen) atoms. The fraction of sp³-hybridized carbons (Fsp3) is 0.312. The summed E-state index contributed by atoms with van der Waals surface area (Å²) < 4.78 is 55.9. The van der Waals surface area contributed by atoms with E-state index in [4.69, 9.17) is 14.2 Å². The van der Waals surface area contributed by atoms with E-state index in [9.17, 15) is 18.0 Å². The summed E-state index contributed by atoms with van der Waals surface area (Å²) in [6, 6.07) is 18.5. The minimum absolute atomic E-state index is 0.206. The van der Waals surface area contributed by atoms with Crippen molar-refractivity contribution in [3.63, 3.8) is 0 Å². The Morgan fingerprint density at radius 1 is 0.837 bits per heavy atom. The number of carbonyl (C=O) groups is 1. The Balaban J connectivity index is 1.45. The van der Waals surface area contributed by atoms with Gasteiger partial charge in [-0.15, -0.1) is 11.3 Å². The van der Waals surface area contributed by atoms with E-state index in [-0.39, 0.29) is 12.5 Å². The highest BCUT2D eigenvalue weighted by Gasteiger charge is 2.30. The van der Waals surface area contributed by atoms with Gasteiger partial charge in [0.25, 0.3) is 5.91 Å². The van der Waals surface area contributed by atoms with E-state index in [1.165, 1.54) is 23.5 Å². The molecule has 0 N–H and O–H groups in total. The lowest BCUT2D eigenvalue weighted by Gasteiger charge is -2.22. The van der Waals surface area contributed by atoms with Crippen molar-refractivity contribution < 1.29 is 32.2 Å². The highest BCUT2D eigenvalue weighted by atomic mass is 32.1. The van der Waals surface area contributed by atoms with Crippen LogP contribution in [0.3, 0.4) is 0 Å². The molecule has 1 heterocycles. The molecule has 7 nitrogen and oxygen atoms in total. The molecule has 0 aliphatic rings. The third-order valence-electron chi connectivity index (χ3n) is 6.89. The standard InChI is InChI=1S/C32H34F3N3O4S/c1-37(15-14-22-10-13-28(41-3)29(17-22)42-4)31(39)27-21-43-30(36-27)20-38(18-23-8-11-26(40-2)12-9-23)19-24-6-5-7-25(16-24)32(33,34)35/h5-13,16-17,21H,14-15,18-20H2,1-4H3. The summed E-state index contributed by atoms with van der Waals surface area (Å²) in [5, 5.41) is 2.41. The molecule has 0 atom stereocenters. The smallest absolute Gasteiger partial charge is 0.416 e. The molecule has 228 valence electrons. The number of hydrogen-bond donors (Lipinski definition) is 0. The predicted octanol–water partition coefficient (Wildman–Crippen LogP) is 6.70. The molecule has 0 aliphatic carbocycles.